The highest BCUT2D eigenvalue weighted by Gasteiger charge is 2.44. The number of rotatable bonds is 7. The summed E-state index contributed by atoms with van der Waals surface area (Å²) >= 11 is 3.61. The van der Waals surface area contributed by atoms with Gasteiger partial charge in [0.1, 0.15) is 0 Å². The predicted octanol–water partition coefficient (Wildman–Crippen LogP) is 5.73. The molecule has 45 heavy (non-hydrogen) atoms. The fourth-order valence-electron chi connectivity index (χ4n) is 8.26. The number of benzene rings is 2. The van der Waals surface area contributed by atoms with Crippen LogP contribution in [0, 0.1) is 24.7 Å². The number of hydrogen-bond donors (Lipinski definition) is 2. The quantitative estimate of drug-likeness (QED) is 0.367. The maximum Gasteiger partial charge on any atom is 0.322 e. The summed E-state index contributed by atoms with van der Waals surface area (Å²) < 4.78 is 1.49. The molecule has 9 heteroatoms. The molecule has 4 aliphatic heterocycles. The topological polar surface area (TPSA) is 81.8 Å². The summed E-state index contributed by atoms with van der Waals surface area (Å²) in [6.07, 6.45) is 6.98. The maximum atomic E-state index is 14.4. The van der Waals surface area contributed by atoms with Crippen molar-refractivity contribution in [2.24, 2.45) is 17.8 Å². The van der Waals surface area contributed by atoms with Crippen LogP contribution < -0.4 is 10.6 Å². The van der Waals surface area contributed by atoms with Gasteiger partial charge in [0.05, 0.1) is 26.1 Å². The van der Waals surface area contributed by atoms with Crippen molar-refractivity contribution in [2.75, 3.05) is 51.6 Å². The largest absolute Gasteiger partial charge is 0.343 e. The predicted molar refractivity (Wildman–Crippen MR) is 181 cm³/mol. The Labute approximate surface area is 276 Å². The number of fused-ring (bicyclic) bond motifs is 1. The number of hydrogen-bond acceptors (Lipinski definition) is 4. The van der Waals surface area contributed by atoms with E-state index >= 15 is 0 Å². The number of halogens is 1. The van der Waals surface area contributed by atoms with Gasteiger partial charge in [0.25, 0.3) is 0 Å². The Morgan fingerprint density at radius 3 is 2.38 bits per heavy atom. The van der Waals surface area contributed by atoms with Crippen LogP contribution in [-0.2, 0) is 22.6 Å². The van der Waals surface area contributed by atoms with E-state index in [1.807, 2.05) is 28.0 Å². The molecule has 0 radical (unpaired) electrons. The number of urea groups is 1. The highest BCUT2D eigenvalue weighted by molar-refractivity contribution is 9.10. The van der Waals surface area contributed by atoms with Gasteiger partial charge >= 0.3 is 11.9 Å². The smallest absolute Gasteiger partial charge is 0.322 e. The van der Waals surface area contributed by atoms with Gasteiger partial charge in [-0.25, -0.2) is 9.59 Å². The van der Waals surface area contributed by atoms with Crippen molar-refractivity contribution < 1.29 is 18.9 Å². The van der Waals surface area contributed by atoms with Crippen LogP contribution in [0.3, 0.4) is 0 Å². The monoisotopic (exact) mass is 678 g/mol. The molecule has 2 aromatic rings. The molecule has 2 N–H and O–H groups in total. The minimum atomic E-state index is -0.361. The molecule has 1 atom stereocenters. The van der Waals surface area contributed by atoms with Crippen LogP contribution in [0.2, 0.25) is 0 Å². The molecule has 2 aromatic carbocycles. The minimum absolute atomic E-state index is 0.0604. The van der Waals surface area contributed by atoms with E-state index in [0.29, 0.717) is 36.5 Å². The van der Waals surface area contributed by atoms with Gasteiger partial charge in [0, 0.05) is 55.1 Å². The van der Waals surface area contributed by atoms with Crippen LogP contribution in [-0.4, -0.2) is 84.5 Å². The summed E-state index contributed by atoms with van der Waals surface area (Å²) in [4.78, 5) is 45.0. The van der Waals surface area contributed by atoms with Crippen molar-refractivity contribution in [3.63, 3.8) is 0 Å². The lowest BCUT2D eigenvalue weighted by Crippen LogP contribution is -2.58. The Kier molecular flexibility index (Phi) is 9.97. The molecule has 8 nitrogen and oxygen atoms in total. The van der Waals surface area contributed by atoms with Crippen molar-refractivity contribution in [1.29, 1.82) is 0 Å². The number of para-hydroxylation sites is 1. The molecule has 3 saturated heterocycles. The first kappa shape index (κ1) is 32.2. The Morgan fingerprint density at radius 1 is 0.978 bits per heavy atom. The van der Waals surface area contributed by atoms with Gasteiger partial charge in [0.15, 0.2) is 0 Å². The molecule has 4 amide bonds. The van der Waals surface area contributed by atoms with Gasteiger partial charge in [-0.15, -0.1) is 0 Å². The third-order valence-electron chi connectivity index (χ3n) is 11.2. The lowest BCUT2D eigenvalue weighted by atomic mass is 9.78. The van der Waals surface area contributed by atoms with Crippen molar-refractivity contribution >= 4 is 39.5 Å². The molecule has 1 unspecified atom stereocenters. The first-order chi connectivity index (χ1) is 21.7. The molecule has 242 valence electrons. The van der Waals surface area contributed by atoms with Crippen LogP contribution in [0.5, 0.6) is 0 Å². The molecular formula is C36H49BrN5O3+. The minimum Gasteiger partial charge on any atom is -0.343 e. The van der Waals surface area contributed by atoms with Crippen molar-refractivity contribution in [1.82, 2.24) is 15.1 Å². The van der Waals surface area contributed by atoms with E-state index in [-0.39, 0.29) is 36.2 Å². The van der Waals surface area contributed by atoms with Gasteiger partial charge < -0.3 is 20.4 Å². The molecular weight excluding hydrogens is 630 g/mol. The number of amides is 4. The molecule has 4 aliphatic rings. The maximum absolute atomic E-state index is 14.4. The van der Waals surface area contributed by atoms with E-state index in [1.165, 1.54) is 12.8 Å². The molecule has 0 spiro atoms. The van der Waals surface area contributed by atoms with Crippen LogP contribution in [0.25, 0.3) is 0 Å². The number of aryl methyl sites for hydroxylation is 1. The zero-order valence-electron chi connectivity index (χ0n) is 26.9. The number of anilines is 1. The van der Waals surface area contributed by atoms with Crippen molar-refractivity contribution in [3.8, 4) is 0 Å². The van der Waals surface area contributed by atoms with E-state index in [1.54, 1.807) is 0 Å². The van der Waals surface area contributed by atoms with Gasteiger partial charge in [-0.05, 0) is 92.8 Å². The van der Waals surface area contributed by atoms with Crippen LogP contribution in [0.1, 0.15) is 61.6 Å². The normalized spacial score (nSPS) is 25.4. The molecule has 3 fully saturated rings. The average molecular weight is 680 g/mol. The zero-order chi connectivity index (χ0) is 31.6. The van der Waals surface area contributed by atoms with Gasteiger partial charge in [-0.3, -0.25) is 9.28 Å². The number of carbonyl (C=O) groups excluding carboxylic acids is 3. The Morgan fingerprint density at radius 2 is 1.67 bits per heavy atom. The first-order valence-corrected chi connectivity index (χ1v) is 17.8. The summed E-state index contributed by atoms with van der Waals surface area (Å²) in [6, 6.07) is 14.3. The Bertz CT molecular complexity index is 1390. The number of nitrogens with one attached hydrogen (secondary N) is 2. The molecule has 4 heterocycles. The van der Waals surface area contributed by atoms with Gasteiger partial charge in [-0.2, -0.15) is 0 Å². The number of piperidine rings is 3. The molecule has 0 aliphatic carbocycles. The van der Waals surface area contributed by atoms with Crippen molar-refractivity contribution in [3.05, 3.63) is 63.6 Å². The summed E-state index contributed by atoms with van der Waals surface area (Å²) in [5, 5.41) is 6.51. The van der Waals surface area contributed by atoms with Gasteiger partial charge in [-0.1, -0.05) is 46.3 Å². The lowest BCUT2D eigenvalue weighted by molar-refractivity contribution is -0.843. The second kappa shape index (κ2) is 13.9. The van der Waals surface area contributed by atoms with E-state index in [0.717, 1.165) is 84.6 Å². The fourth-order valence-corrected chi connectivity index (χ4v) is 8.50. The van der Waals surface area contributed by atoms with Crippen LogP contribution in [0.15, 0.2) is 46.9 Å². The van der Waals surface area contributed by atoms with E-state index in [4.69, 9.17) is 0 Å². The third kappa shape index (κ3) is 7.31. The van der Waals surface area contributed by atoms with E-state index in [2.05, 4.69) is 64.8 Å². The average Bonchev–Trinajstić information content (AvgIpc) is 3.06. The summed E-state index contributed by atoms with van der Waals surface area (Å²) in [5.41, 5.74) is 4.25. The molecule has 0 saturated carbocycles. The number of carbonyl (C=O) groups is 3. The zero-order valence-corrected chi connectivity index (χ0v) is 28.5. The number of nitrogens with zero attached hydrogens (tertiary/aromatic N) is 3. The van der Waals surface area contributed by atoms with E-state index in [9.17, 15) is 14.4 Å². The van der Waals surface area contributed by atoms with E-state index < -0.39 is 0 Å². The Hall–Kier alpha value is -2.75. The molecule has 0 aromatic heterocycles. The summed E-state index contributed by atoms with van der Waals surface area (Å²) in [5.74, 6) is 1.39. The molecule has 0 bridgehead atoms. The second-order valence-corrected chi connectivity index (χ2v) is 15.0. The van der Waals surface area contributed by atoms with Crippen molar-refractivity contribution in [2.45, 2.75) is 70.9 Å². The fraction of sp³-hybridized carbons (Fsp3) is 0.583. The Balaban J connectivity index is 1.10. The number of quaternary nitrogens is 1. The lowest BCUT2D eigenvalue weighted by Gasteiger charge is -2.43. The SMILES string of the molecule is Cc1cc(CC(CC(=O)N2CCC(N3Cc4ccccc4NC3=O)CC2)C(=O)[N+]2(C)CCC(C3CCNCC3)CC2)ccc1Br. The summed E-state index contributed by atoms with van der Waals surface area (Å²) in [7, 11) is 2.11. The first-order valence-electron chi connectivity index (χ1n) is 17.0. The second-order valence-electron chi connectivity index (χ2n) is 14.1. The highest BCUT2D eigenvalue weighted by atomic mass is 79.9. The van der Waals surface area contributed by atoms with Crippen LogP contribution in [0.4, 0.5) is 10.5 Å². The van der Waals surface area contributed by atoms with Crippen LogP contribution >= 0.6 is 15.9 Å². The molecule has 6 rings (SSSR count). The number of likely N-dealkylation sites (tertiary alicyclic amines) is 2. The highest BCUT2D eigenvalue weighted by Crippen LogP contribution is 2.35. The standard InChI is InChI=1S/C36H48BrN5O3/c1-25-21-26(7-8-32(25)37)22-30(35(44)42(2)19-13-28(14-20-42)27-9-15-38-16-10-27)23-34(43)40-17-11-31(12-18-40)41-24-29-5-3-4-6-33(29)39-36(41)45/h3-8,21,27-28,30-31,38H,9-20,22-24H2,1-2H3/p+1. The summed E-state index contributed by atoms with van der Waals surface area (Å²) in [6.45, 7) is 7.83. The third-order valence-corrected chi connectivity index (χ3v) is 12.1. The van der Waals surface area contributed by atoms with Gasteiger partial charge in [0.2, 0.25) is 5.91 Å².